The van der Waals surface area contributed by atoms with E-state index in [1.165, 1.54) is 5.56 Å². The number of halogens is 1. The lowest BCUT2D eigenvalue weighted by molar-refractivity contribution is 0.147. The highest BCUT2D eigenvalue weighted by molar-refractivity contribution is 9.10. The van der Waals surface area contributed by atoms with Crippen LogP contribution in [-0.4, -0.2) is 31.7 Å². The van der Waals surface area contributed by atoms with Crippen molar-refractivity contribution in [2.45, 2.75) is 13.5 Å². The van der Waals surface area contributed by atoms with Gasteiger partial charge in [-0.25, -0.2) is 0 Å². The van der Waals surface area contributed by atoms with Crippen LogP contribution in [0.4, 0.5) is 0 Å². The van der Waals surface area contributed by atoms with Crippen molar-refractivity contribution in [1.29, 1.82) is 0 Å². The van der Waals surface area contributed by atoms with Crippen molar-refractivity contribution in [3.8, 4) is 0 Å². The number of nitrogens with zero attached hydrogens (tertiary/aromatic N) is 1. The highest BCUT2D eigenvalue weighted by Gasteiger charge is 2.02. The summed E-state index contributed by atoms with van der Waals surface area (Å²) in [6.07, 6.45) is 0. The van der Waals surface area contributed by atoms with Crippen LogP contribution < -0.4 is 0 Å². The predicted molar refractivity (Wildman–Crippen MR) is 67.0 cm³/mol. The monoisotopic (exact) mass is 271 g/mol. The van der Waals surface area contributed by atoms with Gasteiger partial charge in [-0.3, -0.25) is 4.90 Å². The van der Waals surface area contributed by atoms with Gasteiger partial charge in [-0.05, 0) is 24.2 Å². The Labute approximate surface area is 100 Å². The fourth-order valence-electron chi connectivity index (χ4n) is 1.42. The average Bonchev–Trinajstić information content (AvgIpc) is 2.27. The second-order valence-electron chi connectivity index (χ2n) is 3.49. The van der Waals surface area contributed by atoms with E-state index in [4.69, 9.17) is 4.74 Å². The number of ether oxygens (including phenoxy) is 1. The minimum atomic E-state index is 0.796. The van der Waals surface area contributed by atoms with Crippen molar-refractivity contribution >= 4 is 15.9 Å². The third kappa shape index (κ3) is 4.78. The first kappa shape index (κ1) is 12.7. The van der Waals surface area contributed by atoms with Crippen LogP contribution in [0, 0.1) is 0 Å². The molecule has 2 nitrogen and oxygen atoms in total. The summed E-state index contributed by atoms with van der Waals surface area (Å²) in [6.45, 7) is 6.01. The molecule has 0 bridgehead atoms. The highest BCUT2D eigenvalue weighted by Crippen LogP contribution is 2.12. The Morgan fingerprint density at radius 2 is 1.93 bits per heavy atom. The zero-order valence-electron chi connectivity index (χ0n) is 9.37. The Kier molecular flexibility index (Phi) is 5.91. The van der Waals surface area contributed by atoms with Gasteiger partial charge >= 0.3 is 0 Å². The smallest absolute Gasteiger partial charge is 0.0589 e. The molecular weight excluding hydrogens is 254 g/mol. The van der Waals surface area contributed by atoms with E-state index in [0.717, 1.165) is 30.7 Å². The fourth-order valence-corrected chi connectivity index (χ4v) is 1.68. The molecular formula is C12H18BrNO. The minimum absolute atomic E-state index is 0.796. The van der Waals surface area contributed by atoms with E-state index in [9.17, 15) is 0 Å². The summed E-state index contributed by atoms with van der Waals surface area (Å²) in [5, 5.41) is 0. The second kappa shape index (κ2) is 6.99. The lowest BCUT2D eigenvalue weighted by Gasteiger charge is -2.19. The first-order chi connectivity index (χ1) is 7.26. The third-order valence-electron chi connectivity index (χ3n) is 2.38. The van der Waals surface area contributed by atoms with Gasteiger partial charge in [0, 0.05) is 24.7 Å². The second-order valence-corrected chi connectivity index (χ2v) is 4.40. The Morgan fingerprint density at radius 1 is 1.27 bits per heavy atom. The maximum absolute atomic E-state index is 5.08. The quantitative estimate of drug-likeness (QED) is 0.789. The van der Waals surface area contributed by atoms with Gasteiger partial charge in [0.05, 0.1) is 6.61 Å². The topological polar surface area (TPSA) is 12.5 Å². The van der Waals surface area contributed by atoms with Crippen molar-refractivity contribution in [3.63, 3.8) is 0 Å². The molecule has 0 heterocycles. The van der Waals surface area contributed by atoms with Crippen LogP contribution in [0.1, 0.15) is 12.5 Å². The minimum Gasteiger partial charge on any atom is -0.383 e. The van der Waals surface area contributed by atoms with Crippen LogP contribution in [-0.2, 0) is 11.3 Å². The van der Waals surface area contributed by atoms with Gasteiger partial charge in [0.15, 0.2) is 0 Å². The molecule has 1 aromatic carbocycles. The molecule has 0 saturated heterocycles. The standard InChI is InChI=1S/C12H18BrNO/c1-3-14(8-9-15-2)10-11-4-6-12(13)7-5-11/h4-7H,3,8-10H2,1-2H3. The maximum Gasteiger partial charge on any atom is 0.0589 e. The Bertz CT molecular complexity index is 273. The third-order valence-corrected chi connectivity index (χ3v) is 2.91. The fraction of sp³-hybridized carbons (Fsp3) is 0.500. The van der Waals surface area contributed by atoms with E-state index in [0.29, 0.717) is 0 Å². The molecule has 0 radical (unpaired) electrons. The molecule has 0 aromatic heterocycles. The molecule has 0 unspecified atom stereocenters. The van der Waals surface area contributed by atoms with Crippen molar-refractivity contribution in [1.82, 2.24) is 4.90 Å². The number of hydrogen-bond donors (Lipinski definition) is 0. The molecule has 0 aliphatic heterocycles. The molecule has 0 atom stereocenters. The molecule has 3 heteroatoms. The van der Waals surface area contributed by atoms with Gasteiger partial charge in [-0.1, -0.05) is 35.0 Å². The molecule has 0 spiro atoms. The van der Waals surface area contributed by atoms with Gasteiger partial charge in [-0.15, -0.1) is 0 Å². The van der Waals surface area contributed by atoms with Crippen LogP contribution in [0.25, 0.3) is 0 Å². The summed E-state index contributed by atoms with van der Waals surface area (Å²) < 4.78 is 6.21. The lowest BCUT2D eigenvalue weighted by Crippen LogP contribution is -2.26. The van der Waals surface area contributed by atoms with Crippen LogP contribution >= 0.6 is 15.9 Å². The van der Waals surface area contributed by atoms with Crippen molar-refractivity contribution in [3.05, 3.63) is 34.3 Å². The first-order valence-corrected chi connectivity index (χ1v) is 6.01. The molecule has 84 valence electrons. The Hall–Kier alpha value is -0.380. The zero-order chi connectivity index (χ0) is 11.1. The van der Waals surface area contributed by atoms with Gasteiger partial charge in [0.25, 0.3) is 0 Å². The summed E-state index contributed by atoms with van der Waals surface area (Å²) in [5.41, 5.74) is 1.34. The maximum atomic E-state index is 5.08. The van der Waals surface area contributed by atoms with E-state index in [2.05, 4.69) is 52.0 Å². The molecule has 1 rings (SSSR count). The number of likely N-dealkylation sites (N-methyl/N-ethyl adjacent to an activating group) is 1. The highest BCUT2D eigenvalue weighted by atomic mass is 79.9. The summed E-state index contributed by atoms with van der Waals surface area (Å²) in [7, 11) is 1.74. The van der Waals surface area contributed by atoms with Crippen LogP contribution in [0.5, 0.6) is 0 Å². The van der Waals surface area contributed by atoms with Gasteiger partial charge in [-0.2, -0.15) is 0 Å². The molecule has 0 aliphatic carbocycles. The van der Waals surface area contributed by atoms with Gasteiger partial charge in [0.2, 0.25) is 0 Å². The summed E-state index contributed by atoms with van der Waals surface area (Å²) >= 11 is 3.44. The number of hydrogen-bond acceptors (Lipinski definition) is 2. The largest absolute Gasteiger partial charge is 0.383 e. The van der Waals surface area contributed by atoms with E-state index in [1.54, 1.807) is 7.11 Å². The molecule has 1 aromatic rings. The predicted octanol–water partition coefficient (Wildman–Crippen LogP) is 2.92. The number of rotatable bonds is 6. The van der Waals surface area contributed by atoms with Crippen LogP contribution in [0.3, 0.4) is 0 Å². The van der Waals surface area contributed by atoms with E-state index in [-0.39, 0.29) is 0 Å². The van der Waals surface area contributed by atoms with Crippen molar-refractivity contribution in [2.24, 2.45) is 0 Å². The Morgan fingerprint density at radius 3 is 2.47 bits per heavy atom. The van der Waals surface area contributed by atoms with E-state index >= 15 is 0 Å². The molecule has 0 amide bonds. The molecule has 0 aliphatic rings. The summed E-state index contributed by atoms with van der Waals surface area (Å²) in [6, 6.07) is 8.47. The molecule has 0 saturated carbocycles. The average molecular weight is 272 g/mol. The first-order valence-electron chi connectivity index (χ1n) is 5.22. The van der Waals surface area contributed by atoms with E-state index in [1.807, 2.05) is 0 Å². The molecule has 0 N–H and O–H groups in total. The van der Waals surface area contributed by atoms with Crippen molar-refractivity contribution in [2.75, 3.05) is 26.8 Å². The van der Waals surface area contributed by atoms with Gasteiger partial charge in [0.1, 0.15) is 0 Å². The number of methoxy groups -OCH3 is 1. The van der Waals surface area contributed by atoms with Crippen molar-refractivity contribution < 1.29 is 4.74 Å². The van der Waals surface area contributed by atoms with Gasteiger partial charge < -0.3 is 4.74 Å². The van der Waals surface area contributed by atoms with Crippen LogP contribution in [0.15, 0.2) is 28.7 Å². The van der Waals surface area contributed by atoms with Crippen LogP contribution in [0.2, 0.25) is 0 Å². The Balaban J connectivity index is 2.47. The zero-order valence-corrected chi connectivity index (χ0v) is 11.0. The summed E-state index contributed by atoms with van der Waals surface area (Å²) in [4.78, 5) is 2.37. The number of benzene rings is 1. The lowest BCUT2D eigenvalue weighted by atomic mass is 10.2. The normalized spacial score (nSPS) is 10.9. The molecule has 15 heavy (non-hydrogen) atoms. The SMILES string of the molecule is CCN(CCOC)Cc1ccc(Br)cc1. The summed E-state index contributed by atoms with van der Waals surface area (Å²) in [5.74, 6) is 0. The molecule has 0 fully saturated rings. The van der Waals surface area contributed by atoms with E-state index < -0.39 is 0 Å².